The van der Waals surface area contributed by atoms with Gasteiger partial charge in [-0.05, 0) is 19.1 Å². The highest BCUT2D eigenvalue weighted by Crippen LogP contribution is 2.20. The average molecular weight is 352 g/mol. The van der Waals surface area contributed by atoms with E-state index in [1.54, 1.807) is 24.5 Å². The van der Waals surface area contributed by atoms with E-state index in [1.165, 1.54) is 0 Å². The molecule has 1 aromatic heterocycles. The Labute approximate surface area is 142 Å². The van der Waals surface area contributed by atoms with Crippen LogP contribution in [0.15, 0.2) is 29.8 Å². The number of hydrogen-bond donors (Lipinski definition) is 1. The van der Waals surface area contributed by atoms with Crippen molar-refractivity contribution in [2.45, 2.75) is 13.0 Å². The van der Waals surface area contributed by atoms with Gasteiger partial charge in [-0.1, -0.05) is 0 Å². The fraction of sp³-hybridized carbons (Fsp3) is 0.375. The number of amides is 1. The highest BCUT2D eigenvalue weighted by atomic mass is 32.1. The highest BCUT2D eigenvalue weighted by Gasteiger charge is 2.26. The van der Waals surface area contributed by atoms with Crippen molar-refractivity contribution in [2.75, 3.05) is 36.4 Å². The highest BCUT2D eigenvalue weighted by molar-refractivity contribution is 7.13. The number of benzene rings is 1. The first-order chi connectivity index (χ1) is 11.5. The average Bonchev–Trinajstić information content (AvgIpc) is 3.12. The maximum atomic E-state index is 13.6. The molecule has 0 unspecified atom stereocenters. The molecule has 24 heavy (non-hydrogen) atoms. The number of rotatable bonds is 4. The minimum absolute atomic E-state index is 0.131. The smallest absolute Gasteiger partial charge is 0.241 e. The van der Waals surface area contributed by atoms with Crippen molar-refractivity contribution in [3.05, 3.63) is 41.4 Å². The van der Waals surface area contributed by atoms with Crippen LogP contribution in [0.25, 0.3) is 0 Å². The Morgan fingerprint density at radius 2 is 2.04 bits per heavy atom. The number of nitrogens with one attached hydrogen (secondary N) is 1. The quantitative estimate of drug-likeness (QED) is 0.919. The summed E-state index contributed by atoms with van der Waals surface area (Å²) in [7, 11) is 0. The van der Waals surface area contributed by atoms with Crippen molar-refractivity contribution in [3.63, 3.8) is 0 Å². The van der Waals surface area contributed by atoms with Gasteiger partial charge in [0.15, 0.2) is 5.13 Å². The van der Waals surface area contributed by atoms with E-state index in [-0.39, 0.29) is 11.6 Å². The van der Waals surface area contributed by atoms with Crippen LogP contribution in [0.3, 0.4) is 0 Å². The number of halogens is 2. The first-order valence-corrected chi connectivity index (χ1v) is 8.57. The van der Waals surface area contributed by atoms with E-state index >= 15 is 0 Å². The fourth-order valence-electron chi connectivity index (χ4n) is 2.67. The van der Waals surface area contributed by atoms with Gasteiger partial charge in [-0.3, -0.25) is 9.69 Å². The summed E-state index contributed by atoms with van der Waals surface area (Å²) < 4.78 is 26.8. The van der Waals surface area contributed by atoms with Crippen molar-refractivity contribution in [3.8, 4) is 0 Å². The molecule has 1 aliphatic rings. The number of carbonyl (C=O) groups excluding carboxylic acids is 1. The zero-order valence-corrected chi connectivity index (χ0v) is 14.0. The molecule has 1 N–H and O–H groups in total. The number of aromatic nitrogens is 1. The van der Waals surface area contributed by atoms with E-state index in [1.807, 2.05) is 10.3 Å². The zero-order valence-electron chi connectivity index (χ0n) is 13.2. The molecule has 3 rings (SSSR count). The molecule has 8 heteroatoms. The van der Waals surface area contributed by atoms with E-state index in [0.29, 0.717) is 13.1 Å². The summed E-state index contributed by atoms with van der Waals surface area (Å²) in [4.78, 5) is 20.8. The summed E-state index contributed by atoms with van der Waals surface area (Å²) in [5, 5.41) is 5.38. The third kappa shape index (κ3) is 3.70. The van der Waals surface area contributed by atoms with Crippen molar-refractivity contribution < 1.29 is 13.6 Å². The summed E-state index contributed by atoms with van der Waals surface area (Å²) in [6.45, 7) is 4.74. The van der Waals surface area contributed by atoms with E-state index in [2.05, 4.69) is 15.2 Å². The number of thiazole rings is 1. The number of anilines is 2. The van der Waals surface area contributed by atoms with Crippen LogP contribution in [0, 0.1) is 11.6 Å². The van der Waals surface area contributed by atoms with Crippen LogP contribution in [0.5, 0.6) is 0 Å². The van der Waals surface area contributed by atoms with Crippen LogP contribution in [-0.2, 0) is 4.79 Å². The maximum Gasteiger partial charge on any atom is 0.241 e. The Morgan fingerprint density at radius 3 is 2.71 bits per heavy atom. The van der Waals surface area contributed by atoms with Crippen LogP contribution in [0.1, 0.15) is 6.92 Å². The van der Waals surface area contributed by atoms with Crippen LogP contribution < -0.4 is 10.2 Å². The summed E-state index contributed by atoms with van der Waals surface area (Å²) in [6.07, 6.45) is 1.77. The first kappa shape index (κ1) is 16.8. The lowest BCUT2D eigenvalue weighted by Gasteiger charge is -2.37. The molecule has 1 aromatic carbocycles. The number of carbonyl (C=O) groups is 1. The van der Waals surface area contributed by atoms with Crippen molar-refractivity contribution in [1.82, 2.24) is 9.88 Å². The second-order valence-corrected chi connectivity index (χ2v) is 6.50. The normalized spacial score (nSPS) is 16.9. The van der Waals surface area contributed by atoms with Gasteiger partial charge < -0.3 is 10.2 Å². The molecule has 1 amide bonds. The van der Waals surface area contributed by atoms with Crippen molar-refractivity contribution >= 4 is 28.1 Å². The number of hydrogen-bond acceptors (Lipinski definition) is 5. The van der Waals surface area contributed by atoms with Crippen LogP contribution in [0.4, 0.5) is 19.6 Å². The van der Waals surface area contributed by atoms with Gasteiger partial charge in [-0.25, -0.2) is 13.8 Å². The predicted molar refractivity (Wildman–Crippen MR) is 90.3 cm³/mol. The summed E-state index contributed by atoms with van der Waals surface area (Å²) in [5.74, 6) is -1.58. The van der Waals surface area contributed by atoms with Gasteiger partial charge in [-0.15, -0.1) is 11.3 Å². The molecule has 1 saturated heterocycles. The Morgan fingerprint density at radius 1 is 1.29 bits per heavy atom. The molecule has 0 bridgehead atoms. The lowest BCUT2D eigenvalue weighted by Crippen LogP contribution is -2.52. The minimum atomic E-state index is -0.648. The molecule has 0 radical (unpaired) electrons. The maximum absolute atomic E-state index is 13.6. The van der Waals surface area contributed by atoms with E-state index < -0.39 is 17.7 Å². The monoisotopic (exact) mass is 352 g/mol. The van der Waals surface area contributed by atoms with Gasteiger partial charge >= 0.3 is 0 Å². The molecular formula is C16H18F2N4OS. The number of nitrogens with zero attached hydrogens (tertiary/aromatic N) is 3. The molecule has 1 atom stereocenters. The molecule has 0 spiro atoms. The van der Waals surface area contributed by atoms with Gasteiger partial charge in [0.05, 0.1) is 11.7 Å². The van der Waals surface area contributed by atoms with Crippen molar-refractivity contribution in [1.29, 1.82) is 0 Å². The largest absolute Gasteiger partial charge is 0.346 e. The van der Waals surface area contributed by atoms with Crippen LogP contribution in [-0.4, -0.2) is 48.0 Å². The van der Waals surface area contributed by atoms with Gasteiger partial charge in [0, 0.05) is 43.8 Å². The van der Waals surface area contributed by atoms with E-state index in [9.17, 15) is 13.6 Å². The second kappa shape index (κ2) is 7.23. The van der Waals surface area contributed by atoms with Crippen molar-refractivity contribution in [2.24, 2.45) is 0 Å². The molecule has 0 saturated carbocycles. The molecule has 5 nitrogen and oxygen atoms in total. The predicted octanol–water partition coefficient (Wildman–Crippen LogP) is 2.57. The summed E-state index contributed by atoms with van der Waals surface area (Å²) in [5.41, 5.74) is -0.131. The molecular weight excluding hydrogens is 334 g/mol. The van der Waals surface area contributed by atoms with E-state index in [4.69, 9.17) is 0 Å². The van der Waals surface area contributed by atoms with E-state index in [0.717, 1.165) is 36.4 Å². The summed E-state index contributed by atoms with van der Waals surface area (Å²) in [6, 6.07) is 2.58. The Hall–Kier alpha value is -2.06. The number of piperazine rings is 1. The third-order valence-electron chi connectivity index (χ3n) is 4.12. The summed E-state index contributed by atoms with van der Waals surface area (Å²) >= 11 is 1.59. The standard InChI is InChI=1S/C16H18F2N4OS/c1-11(15(23)20-14-10-12(17)2-3-13(14)18)21-5-7-22(8-6-21)16-19-4-9-24-16/h2-4,9-11H,5-8H2,1H3,(H,20,23)/t11-/m0/s1. The molecule has 1 aliphatic heterocycles. The topological polar surface area (TPSA) is 48.5 Å². The Kier molecular flexibility index (Phi) is 5.06. The molecule has 0 aliphatic carbocycles. The van der Waals surface area contributed by atoms with Gasteiger partial charge in [-0.2, -0.15) is 0 Å². The van der Waals surface area contributed by atoms with Crippen LogP contribution in [0.2, 0.25) is 0 Å². The minimum Gasteiger partial charge on any atom is -0.346 e. The lowest BCUT2D eigenvalue weighted by molar-refractivity contribution is -0.120. The SMILES string of the molecule is C[C@@H](C(=O)Nc1cc(F)ccc1F)N1CCN(c2nccs2)CC1. The molecule has 2 heterocycles. The first-order valence-electron chi connectivity index (χ1n) is 7.69. The molecule has 1 fully saturated rings. The lowest BCUT2D eigenvalue weighted by atomic mass is 10.2. The second-order valence-electron chi connectivity index (χ2n) is 5.63. The van der Waals surface area contributed by atoms with Crippen LogP contribution >= 0.6 is 11.3 Å². The Balaban J connectivity index is 1.57. The fourth-order valence-corrected chi connectivity index (χ4v) is 3.37. The molecule has 2 aromatic rings. The van der Waals surface area contributed by atoms with Gasteiger partial charge in [0.1, 0.15) is 11.6 Å². The van der Waals surface area contributed by atoms with Gasteiger partial charge in [0.25, 0.3) is 0 Å². The zero-order chi connectivity index (χ0) is 17.1. The molecule has 128 valence electrons. The Bertz CT molecular complexity index is 702. The van der Waals surface area contributed by atoms with Gasteiger partial charge in [0.2, 0.25) is 5.91 Å². The third-order valence-corrected chi connectivity index (χ3v) is 4.95.